The zero-order valence-electron chi connectivity index (χ0n) is 18.0. The summed E-state index contributed by atoms with van der Waals surface area (Å²) in [6.07, 6.45) is -0.987. The number of aryl methyl sites for hydroxylation is 2. The molecular formula is C25H21N3O5. The van der Waals surface area contributed by atoms with Crippen LogP contribution in [0.5, 0.6) is 0 Å². The molecule has 2 saturated heterocycles. The highest BCUT2D eigenvalue weighted by molar-refractivity contribution is 6.24. The minimum atomic E-state index is -0.987. The van der Waals surface area contributed by atoms with Crippen molar-refractivity contribution in [3.63, 3.8) is 0 Å². The number of carbonyl (C=O) groups is 2. The van der Waals surface area contributed by atoms with Gasteiger partial charge in [0.25, 0.3) is 11.6 Å². The summed E-state index contributed by atoms with van der Waals surface area (Å²) >= 11 is 0. The lowest BCUT2D eigenvalue weighted by Crippen LogP contribution is -2.37. The van der Waals surface area contributed by atoms with Crippen LogP contribution in [0.2, 0.25) is 0 Å². The summed E-state index contributed by atoms with van der Waals surface area (Å²) in [5.41, 5.74) is 3.69. The maximum absolute atomic E-state index is 13.7. The van der Waals surface area contributed by atoms with Crippen molar-refractivity contribution < 1.29 is 19.3 Å². The zero-order valence-corrected chi connectivity index (χ0v) is 18.0. The van der Waals surface area contributed by atoms with Crippen LogP contribution < -0.4 is 9.96 Å². The molecule has 3 aromatic carbocycles. The molecule has 0 bridgehead atoms. The Kier molecular flexibility index (Phi) is 4.94. The second kappa shape index (κ2) is 7.83. The van der Waals surface area contributed by atoms with Gasteiger partial charge in [-0.25, -0.2) is 9.96 Å². The van der Waals surface area contributed by atoms with E-state index >= 15 is 0 Å². The van der Waals surface area contributed by atoms with Crippen LogP contribution in [-0.2, 0) is 14.4 Å². The number of nitro groups is 1. The molecule has 3 atom stereocenters. The van der Waals surface area contributed by atoms with Crippen molar-refractivity contribution >= 4 is 28.9 Å². The fourth-order valence-electron chi connectivity index (χ4n) is 4.64. The molecule has 0 spiro atoms. The number of nitrogens with zero attached hydrogens (tertiary/aromatic N) is 3. The van der Waals surface area contributed by atoms with E-state index in [-0.39, 0.29) is 11.6 Å². The summed E-state index contributed by atoms with van der Waals surface area (Å²) in [6.45, 7) is 3.81. The largest absolute Gasteiger partial charge is 0.273 e. The number of imide groups is 1. The van der Waals surface area contributed by atoms with Gasteiger partial charge in [-0.3, -0.25) is 24.5 Å². The molecule has 0 radical (unpaired) electrons. The van der Waals surface area contributed by atoms with Crippen LogP contribution in [0.4, 0.5) is 17.1 Å². The minimum absolute atomic E-state index is 0.0498. The van der Waals surface area contributed by atoms with Gasteiger partial charge in [0, 0.05) is 12.1 Å². The molecule has 2 aliphatic heterocycles. The normalized spacial score (nSPS) is 22.1. The highest BCUT2D eigenvalue weighted by Gasteiger charge is 2.60. The maximum atomic E-state index is 13.7. The molecule has 0 saturated carbocycles. The zero-order chi connectivity index (χ0) is 23.3. The predicted octanol–water partition coefficient (Wildman–Crippen LogP) is 4.26. The standard InChI is InChI=1S/C25H21N3O5/c1-15-8-13-20(16(2)14-15)26-24(29)21-22(17-9-11-19(12-10-17)28(31)32)27(33-23(21)25(26)30)18-6-4-3-5-7-18/h3-14,21-23H,1-2H3. The van der Waals surface area contributed by atoms with E-state index in [0.717, 1.165) is 11.1 Å². The van der Waals surface area contributed by atoms with Crippen LogP contribution in [0.1, 0.15) is 22.7 Å². The predicted molar refractivity (Wildman–Crippen MR) is 122 cm³/mol. The molecule has 2 heterocycles. The quantitative estimate of drug-likeness (QED) is 0.340. The van der Waals surface area contributed by atoms with Crippen LogP contribution in [0.3, 0.4) is 0 Å². The lowest BCUT2D eigenvalue weighted by molar-refractivity contribution is -0.384. The first kappa shape index (κ1) is 20.8. The fraction of sp³-hybridized carbons (Fsp3) is 0.200. The number of rotatable bonds is 4. The van der Waals surface area contributed by atoms with Gasteiger partial charge >= 0.3 is 0 Å². The topological polar surface area (TPSA) is 93.0 Å². The molecule has 0 N–H and O–H groups in total. The SMILES string of the molecule is Cc1ccc(N2C(=O)C3ON(c4ccccc4)C(c4ccc([N+](=O)[O-])cc4)C3C2=O)c(C)c1. The summed E-state index contributed by atoms with van der Waals surface area (Å²) in [4.78, 5) is 45.0. The Bertz CT molecular complexity index is 1260. The lowest BCUT2D eigenvalue weighted by atomic mass is 9.90. The Hall–Kier alpha value is -4.04. The van der Waals surface area contributed by atoms with Gasteiger partial charge in [0.05, 0.1) is 22.3 Å². The van der Waals surface area contributed by atoms with Crippen molar-refractivity contribution in [3.05, 3.63) is 99.6 Å². The van der Waals surface area contributed by atoms with Crippen molar-refractivity contribution in [2.75, 3.05) is 9.96 Å². The number of fused-ring (bicyclic) bond motifs is 1. The van der Waals surface area contributed by atoms with Gasteiger partial charge in [-0.2, -0.15) is 0 Å². The second-order valence-corrected chi connectivity index (χ2v) is 8.31. The van der Waals surface area contributed by atoms with Crippen LogP contribution in [0.15, 0.2) is 72.8 Å². The second-order valence-electron chi connectivity index (χ2n) is 8.31. The molecule has 166 valence electrons. The molecule has 33 heavy (non-hydrogen) atoms. The molecule has 2 aliphatic rings. The van der Waals surface area contributed by atoms with Gasteiger partial charge < -0.3 is 0 Å². The Balaban J connectivity index is 1.59. The number of hydroxylamine groups is 1. The Morgan fingerprint density at radius 1 is 0.909 bits per heavy atom. The van der Waals surface area contributed by atoms with Crippen molar-refractivity contribution in [1.82, 2.24) is 0 Å². The Labute approximate surface area is 190 Å². The molecular weight excluding hydrogens is 422 g/mol. The molecule has 3 unspecified atom stereocenters. The first-order valence-corrected chi connectivity index (χ1v) is 10.6. The number of para-hydroxylation sites is 1. The van der Waals surface area contributed by atoms with Gasteiger partial charge in [0.1, 0.15) is 5.92 Å². The van der Waals surface area contributed by atoms with E-state index in [0.29, 0.717) is 16.9 Å². The third-order valence-electron chi connectivity index (χ3n) is 6.16. The number of non-ortho nitro benzene ring substituents is 1. The van der Waals surface area contributed by atoms with Crippen LogP contribution in [0.25, 0.3) is 0 Å². The van der Waals surface area contributed by atoms with Crippen molar-refractivity contribution in [3.8, 4) is 0 Å². The summed E-state index contributed by atoms with van der Waals surface area (Å²) in [7, 11) is 0. The monoisotopic (exact) mass is 443 g/mol. The van der Waals surface area contributed by atoms with Crippen LogP contribution in [-0.4, -0.2) is 22.8 Å². The molecule has 0 aromatic heterocycles. The van der Waals surface area contributed by atoms with E-state index in [1.807, 2.05) is 56.3 Å². The third kappa shape index (κ3) is 3.35. The molecule has 2 fully saturated rings. The highest BCUT2D eigenvalue weighted by Crippen LogP contribution is 2.48. The highest BCUT2D eigenvalue weighted by atomic mass is 16.7. The van der Waals surface area contributed by atoms with Crippen molar-refractivity contribution in [2.24, 2.45) is 5.92 Å². The number of carbonyl (C=O) groups excluding carboxylic acids is 2. The maximum Gasteiger partial charge on any atom is 0.269 e. The van der Waals surface area contributed by atoms with Crippen molar-refractivity contribution in [2.45, 2.75) is 26.0 Å². The van der Waals surface area contributed by atoms with Gasteiger partial charge in [0.15, 0.2) is 6.10 Å². The summed E-state index contributed by atoms with van der Waals surface area (Å²) in [5, 5.41) is 12.7. The first-order chi connectivity index (χ1) is 15.9. The smallest absolute Gasteiger partial charge is 0.269 e. The number of benzene rings is 3. The van der Waals surface area contributed by atoms with Gasteiger partial charge in [-0.05, 0) is 43.2 Å². The summed E-state index contributed by atoms with van der Waals surface area (Å²) in [6, 6.07) is 20.2. The minimum Gasteiger partial charge on any atom is -0.273 e. The van der Waals surface area contributed by atoms with E-state index in [9.17, 15) is 19.7 Å². The van der Waals surface area contributed by atoms with E-state index in [2.05, 4.69) is 0 Å². The fourth-order valence-corrected chi connectivity index (χ4v) is 4.64. The number of nitro benzene ring substituents is 1. The average Bonchev–Trinajstić information content (AvgIpc) is 3.31. The number of amides is 2. The average molecular weight is 443 g/mol. The van der Waals surface area contributed by atoms with Gasteiger partial charge in [-0.15, -0.1) is 0 Å². The molecule has 8 nitrogen and oxygen atoms in total. The van der Waals surface area contributed by atoms with E-state index in [1.54, 1.807) is 23.3 Å². The summed E-state index contributed by atoms with van der Waals surface area (Å²) in [5.74, 6) is -1.55. The first-order valence-electron chi connectivity index (χ1n) is 10.6. The molecule has 5 rings (SSSR count). The van der Waals surface area contributed by atoms with Gasteiger partial charge in [-0.1, -0.05) is 48.0 Å². The third-order valence-corrected chi connectivity index (χ3v) is 6.16. The number of anilines is 2. The number of hydrogen-bond donors (Lipinski definition) is 0. The molecule has 8 heteroatoms. The molecule has 3 aromatic rings. The lowest BCUT2D eigenvalue weighted by Gasteiger charge is -2.29. The van der Waals surface area contributed by atoms with Crippen LogP contribution >= 0.6 is 0 Å². The van der Waals surface area contributed by atoms with E-state index in [4.69, 9.17) is 4.84 Å². The number of hydrogen-bond acceptors (Lipinski definition) is 6. The van der Waals surface area contributed by atoms with Crippen LogP contribution in [0, 0.1) is 29.9 Å². The summed E-state index contributed by atoms with van der Waals surface area (Å²) < 4.78 is 0. The Morgan fingerprint density at radius 3 is 2.24 bits per heavy atom. The Morgan fingerprint density at radius 2 is 1.61 bits per heavy atom. The van der Waals surface area contributed by atoms with Gasteiger partial charge in [0.2, 0.25) is 5.91 Å². The van der Waals surface area contributed by atoms with E-state index < -0.39 is 28.9 Å². The van der Waals surface area contributed by atoms with Crippen molar-refractivity contribution in [1.29, 1.82) is 0 Å². The van der Waals surface area contributed by atoms with E-state index in [1.165, 1.54) is 17.0 Å². The molecule has 2 amide bonds. The molecule has 0 aliphatic carbocycles.